The number of nitrogens with one attached hydrogen (secondary N) is 1. The van der Waals surface area contributed by atoms with E-state index in [1.807, 2.05) is 0 Å². The Kier molecular flexibility index (Phi) is 5.32. The lowest BCUT2D eigenvalue weighted by molar-refractivity contribution is 0.0175. The third kappa shape index (κ3) is 4.03. The smallest absolute Gasteiger partial charge is 0.254 e. The van der Waals surface area contributed by atoms with Crippen LogP contribution in [-0.2, 0) is 4.74 Å². The molecular weight excluding hydrogens is 273 g/mol. The van der Waals surface area contributed by atoms with Gasteiger partial charge in [-0.15, -0.1) is 0 Å². The Labute approximate surface area is 123 Å². The second-order valence-corrected chi connectivity index (χ2v) is 4.97. The molecule has 0 aromatic heterocycles. The van der Waals surface area contributed by atoms with Gasteiger partial charge in [0.05, 0.1) is 18.3 Å². The summed E-state index contributed by atoms with van der Waals surface area (Å²) >= 11 is 0. The molecule has 2 rings (SSSR count). The van der Waals surface area contributed by atoms with Crippen molar-refractivity contribution in [3.8, 4) is 11.8 Å². The van der Waals surface area contributed by atoms with Crippen LogP contribution in [0.1, 0.15) is 35.2 Å². The van der Waals surface area contributed by atoms with E-state index in [1.165, 1.54) is 12.1 Å². The van der Waals surface area contributed by atoms with Crippen LogP contribution in [-0.4, -0.2) is 36.9 Å². The molecule has 4 nitrogen and oxygen atoms in total. The summed E-state index contributed by atoms with van der Waals surface area (Å²) in [5.74, 6) is 4.43. The largest absolute Gasteiger partial charge is 0.395 e. The molecular formula is C16H18FNO3. The first-order chi connectivity index (χ1) is 10.1. The molecule has 0 spiro atoms. The first-order valence-corrected chi connectivity index (χ1v) is 6.87. The number of carbonyl (C=O) groups is 1. The third-order valence-corrected chi connectivity index (χ3v) is 3.45. The fourth-order valence-electron chi connectivity index (χ4n) is 2.14. The first kappa shape index (κ1) is 15.5. The van der Waals surface area contributed by atoms with Gasteiger partial charge in [-0.05, 0) is 31.0 Å². The van der Waals surface area contributed by atoms with Gasteiger partial charge in [-0.1, -0.05) is 11.8 Å². The molecule has 2 N–H and O–H groups in total. The van der Waals surface area contributed by atoms with Crippen LogP contribution in [0.15, 0.2) is 18.2 Å². The molecule has 0 aliphatic heterocycles. The summed E-state index contributed by atoms with van der Waals surface area (Å²) in [7, 11) is 1.64. The average molecular weight is 291 g/mol. The lowest BCUT2D eigenvalue weighted by Gasteiger charge is -2.34. The van der Waals surface area contributed by atoms with Crippen molar-refractivity contribution in [2.45, 2.75) is 31.4 Å². The van der Waals surface area contributed by atoms with Gasteiger partial charge >= 0.3 is 0 Å². The van der Waals surface area contributed by atoms with Crippen molar-refractivity contribution in [2.24, 2.45) is 0 Å². The predicted octanol–water partition coefficient (Wildman–Crippen LogP) is 1.47. The molecule has 1 saturated carbocycles. The molecule has 1 aromatic rings. The van der Waals surface area contributed by atoms with Gasteiger partial charge in [-0.25, -0.2) is 4.39 Å². The maximum Gasteiger partial charge on any atom is 0.254 e. The normalized spacial score (nSPS) is 20.1. The van der Waals surface area contributed by atoms with Crippen molar-refractivity contribution in [3.63, 3.8) is 0 Å². The van der Waals surface area contributed by atoms with Crippen molar-refractivity contribution in [1.82, 2.24) is 5.32 Å². The number of rotatable bonds is 4. The molecule has 1 fully saturated rings. The number of benzene rings is 1. The first-order valence-electron chi connectivity index (χ1n) is 6.87. The minimum absolute atomic E-state index is 0.0172. The molecule has 1 aromatic carbocycles. The number of aliphatic hydroxyl groups excluding tert-OH is 1. The van der Waals surface area contributed by atoms with Gasteiger partial charge in [-0.2, -0.15) is 0 Å². The number of amides is 1. The summed E-state index contributed by atoms with van der Waals surface area (Å²) in [5, 5.41) is 11.4. The summed E-state index contributed by atoms with van der Waals surface area (Å²) in [5.41, 5.74) is 0.504. The second kappa shape index (κ2) is 7.21. The molecule has 5 heteroatoms. The number of halogens is 1. The fraction of sp³-hybridized carbons (Fsp3) is 0.438. The zero-order valence-corrected chi connectivity index (χ0v) is 11.9. The van der Waals surface area contributed by atoms with E-state index in [0.717, 1.165) is 12.8 Å². The summed E-state index contributed by atoms with van der Waals surface area (Å²) < 4.78 is 19.1. The Hall–Kier alpha value is -1.90. The van der Waals surface area contributed by atoms with E-state index < -0.39 is 11.7 Å². The summed E-state index contributed by atoms with van der Waals surface area (Å²) in [4.78, 5) is 12.0. The maximum absolute atomic E-state index is 13.9. The SMILES string of the molecule is COC1CC(NC(=O)c2ccc(C#CCCO)cc2F)C1. The molecule has 1 aliphatic carbocycles. The number of hydrogen-bond acceptors (Lipinski definition) is 3. The Morgan fingerprint density at radius 3 is 2.90 bits per heavy atom. The lowest BCUT2D eigenvalue weighted by Crippen LogP contribution is -2.47. The van der Waals surface area contributed by atoms with E-state index in [1.54, 1.807) is 13.2 Å². The quantitative estimate of drug-likeness (QED) is 0.826. The van der Waals surface area contributed by atoms with Gasteiger partial charge in [0, 0.05) is 25.1 Å². The minimum Gasteiger partial charge on any atom is -0.395 e. The fourth-order valence-corrected chi connectivity index (χ4v) is 2.14. The van der Waals surface area contributed by atoms with E-state index >= 15 is 0 Å². The van der Waals surface area contributed by atoms with Crippen molar-refractivity contribution in [3.05, 3.63) is 35.1 Å². The minimum atomic E-state index is -0.592. The Morgan fingerprint density at radius 2 is 2.29 bits per heavy atom. The highest BCUT2D eigenvalue weighted by Crippen LogP contribution is 2.23. The Balaban J connectivity index is 1.97. The van der Waals surface area contributed by atoms with E-state index in [4.69, 9.17) is 9.84 Å². The van der Waals surface area contributed by atoms with Gasteiger partial charge < -0.3 is 15.2 Å². The van der Waals surface area contributed by atoms with Gasteiger partial charge in [0.1, 0.15) is 5.82 Å². The maximum atomic E-state index is 13.9. The van der Waals surface area contributed by atoms with Crippen LogP contribution in [0, 0.1) is 17.7 Å². The highest BCUT2D eigenvalue weighted by molar-refractivity contribution is 5.94. The molecule has 0 unspecified atom stereocenters. The van der Waals surface area contributed by atoms with E-state index in [2.05, 4.69) is 17.2 Å². The van der Waals surface area contributed by atoms with E-state index in [0.29, 0.717) is 12.0 Å². The topological polar surface area (TPSA) is 58.6 Å². The molecule has 21 heavy (non-hydrogen) atoms. The van der Waals surface area contributed by atoms with Crippen LogP contribution in [0.3, 0.4) is 0 Å². The Morgan fingerprint density at radius 1 is 1.52 bits per heavy atom. The van der Waals surface area contributed by atoms with Crippen molar-refractivity contribution in [1.29, 1.82) is 0 Å². The lowest BCUT2D eigenvalue weighted by atomic mass is 9.89. The molecule has 0 radical (unpaired) electrons. The van der Waals surface area contributed by atoms with E-state index in [-0.39, 0.29) is 24.3 Å². The number of methoxy groups -OCH3 is 1. The predicted molar refractivity (Wildman–Crippen MR) is 76.3 cm³/mol. The van der Waals surface area contributed by atoms with Crippen LogP contribution in [0.5, 0.6) is 0 Å². The van der Waals surface area contributed by atoms with Gasteiger partial charge in [0.25, 0.3) is 5.91 Å². The van der Waals surface area contributed by atoms with E-state index in [9.17, 15) is 9.18 Å². The van der Waals surface area contributed by atoms with Crippen LogP contribution in [0.4, 0.5) is 4.39 Å². The zero-order valence-electron chi connectivity index (χ0n) is 11.9. The van der Waals surface area contributed by atoms with Crippen LogP contribution >= 0.6 is 0 Å². The molecule has 112 valence electrons. The highest BCUT2D eigenvalue weighted by Gasteiger charge is 2.30. The number of hydrogen-bond donors (Lipinski definition) is 2. The molecule has 1 amide bonds. The third-order valence-electron chi connectivity index (χ3n) is 3.45. The highest BCUT2D eigenvalue weighted by atomic mass is 19.1. The second-order valence-electron chi connectivity index (χ2n) is 4.97. The van der Waals surface area contributed by atoms with Gasteiger partial charge in [0.15, 0.2) is 0 Å². The molecule has 0 heterocycles. The Bertz CT molecular complexity index is 571. The average Bonchev–Trinajstić information content (AvgIpc) is 2.42. The van der Waals surface area contributed by atoms with Crippen molar-refractivity contribution >= 4 is 5.91 Å². The molecule has 0 bridgehead atoms. The number of carbonyl (C=O) groups excluding carboxylic acids is 1. The summed E-state index contributed by atoms with van der Waals surface area (Å²) in [6.07, 6.45) is 2.04. The molecule has 0 saturated heterocycles. The standard InChI is InChI=1S/C16H18FNO3/c1-21-13-9-12(10-13)18-16(20)14-6-5-11(8-15(14)17)4-2-3-7-19/h5-6,8,12-13,19H,3,7,9-10H2,1H3,(H,18,20). The van der Waals surface area contributed by atoms with Crippen molar-refractivity contribution < 1.29 is 19.0 Å². The van der Waals surface area contributed by atoms with Gasteiger partial charge in [-0.3, -0.25) is 4.79 Å². The summed E-state index contributed by atoms with van der Waals surface area (Å²) in [6, 6.07) is 4.31. The van der Waals surface area contributed by atoms with Gasteiger partial charge in [0.2, 0.25) is 0 Å². The van der Waals surface area contributed by atoms with Crippen LogP contribution < -0.4 is 5.32 Å². The monoisotopic (exact) mass is 291 g/mol. The number of aliphatic hydroxyl groups is 1. The van der Waals surface area contributed by atoms with Crippen LogP contribution in [0.25, 0.3) is 0 Å². The molecule has 0 atom stereocenters. The molecule has 1 aliphatic rings. The van der Waals surface area contributed by atoms with Crippen LogP contribution in [0.2, 0.25) is 0 Å². The summed E-state index contributed by atoms with van der Waals surface area (Å²) in [6.45, 7) is -0.0279. The van der Waals surface area contributed by atoms with Crippen molar-refractivity contribution in [2.75, 3.05) is 13.7 Å². The number of ether oxygens (including phenoxy) is 1. The zero-order chi connectivity index (χ0) is 15.2.